The van der Waals surface area contributed by atoms with Crippen molar-refractivity contribution in [2.75, 3.05) is 0 Å². The molecule has 88 valence electrons. The van der Waals surface area contributed by atoms with Gasteiger partial charge in [-0.25, -0.2) is 0 Å². The van der Waals surface area contributed by atoms with E-state index in [1.165, 1.54) is 27.1 Å². The van der Waals surface area contributed by atoms with E-state index in [4.69, 9.17) is 12.2 Å². The van der Waals surface area contributed by atoms with Gasteiger partial charge in [-0.05, 0) is 51.0 Å². The molecule has 0 spiro atoms. The predicted octanol–water partition coefficient (Wildman–Crippen LogP) is 4.93. The van der Waals surface area contributed by atoms with E-state index >= 15 is 0 Å². The molecule has 0 atom stereocenters. The molecule has 0 nitrogen and oxygen atoms in total. The van der Waals surface area contributed by atoms with E-state index in [-0.39, 0.29) is 0 Å². The highest BCUT2D eigenvalue weighted by Crippen LogP contribution is 2.25. The van der Waals surface area contributed by atoms with Crippen LogP contribution in [0.4, 0.5) is 0 Å². The zero-order valence-corrected chi connectivity index (χ0v) is 11.1. The maximum absolute atomic E-state index is 5.24. The van der Waals surface area contributed by atoms with E-state index < -0.39 is 0 Å². The van der Waals surface area contributed by atoms with Crippen LogP contribution in [0.1, 0.15) is 12.5 Å². The summed E-state index contributed by atoms with van der Waals surface area (Å²) in [5, 5.41) is 5.20. The first kappa shape index (κ1) is 11.4. The highest BCUT2D eigenvalue weighted by atomic mass is 32.1. The minimum absolute atomic E-state index is 0.880. The summed E-state index contributed by atoms with van der Waals surface area (Å²) in [7, 11) is 0. The van der Waals surface area contributed by atoms with Crippen LogP contribution >= 0.6 is 12.2 Å². The quantitative estimate of drug-likeness (QED) is 0.459. The van der Waals surface area contributed by atoms with Crippen molar-refractivity contribution in [2.45, 2.75) is 13.3 Å². The summed E-state index contributed by atoms with van der Waals surface area (Å²) in [4.78, 5) is 1.04. The molecule has 0 amide bonds. The minimum atomic E-state index is 0.880. The first-order chi connectivity index (χ1) is 8.74. The van der Waals surface area contributed by atoms with Gasteiger partial charge in [0.05, 0.1) is 0 Å². The molecule has 3 aromatic carbocycles. The lowest BCUT2D eigenvalue weighted by Gasteiger charge is -2.07. The van der Waals surface area contributed by atoms with E-state index in [2.05, 4.69) is 54.6 Å². The van der Waals surface area contributed by atoms with Crippen LogP contribution in [0, 0.1) is 0 Å². The van der Waals surface area contributed by atoms with Crippen LogP contribution < -0.4 is 0 Å². The lowest BCUT2D eigenvalue weighted by molar-refractivity contribution is 1.38. The molecule has 0 aliphatic carbocycles. The molecular formula is C17H14S. The van der Waals surface area contributed by atoms with Gasteiger partial charge in [-0.2, -0.15) is 0 Å². The molecule has 0 aliphatic heterocycles. The van der Waals surface area contributed by atoms with Crippen molar-refractivity contribution in [3.63, 3.8) is 0 Å². The van der Waals surface area contributed by atoms with Gasteiger partial charge in [0.25, 0.3) is 0 Å². The largest absolute Gasteiger partial charge is 0.0896 e. The standard InChI is InChI=1S/C17H14S/c1-12(18)9-15-7-4-8-16-10-13-5-2-3-6-14(13)11-17(15)16/h2-8,10-11H,9H2,1H3. The Morgan fingerprint density at radius 2 is 1.56 bits per heavy atom. The summed E-state index contributed by atoms with van der Waals surface area (Å²) < 4.78 is 0. The van der Waals surface area contributed by atoms with Gasteiger partial charge in [-0.15, -0.1) is 0 Å². The smallest absolute Gasteiger partial charge is 0.00415 e. The summed E-state index contributed by atoms with van der Waals surface area (Å²) in [5.74, 6) is 0. The maximum Gasteiger partial charge on any atom is 0.00415 e. The second-order valence-corrected chi connectivity index (χ2v) is 5.41. The molecule has 0 heterocycles. The number of hydrogen-bond donors (Lipinski definition) is 0. The van der Waals surface area contributed by atoms with Crippen LogP contribution in [0.2, 0.25) is 0 Å². The van der Waals surface area contributed by atoms with Crippen LogP contribution in [0.25, 0.3) is 21.5 Å². The van der Waals surface area contributed by atoms with Crippen molar-refractivity contribution in [2.24, 2.45) is 0 Å². The Bertz CT molecular complexity index is 741. The molecule has 0 N–H and O–H groups in total. The number of fused-ring (bicyclic) bond motifs is 2. The molecule has 0 unspecified atom stereocenters. The second kappa shape index (κ2) is 4.51. The fraction of sp³-hybridized carbons (Fsp3) is 0.118. The number of thiocarbonyl (C=S) groups is 1. The third kappa shape index (κ3) is 2.02. The van der Waals surface area contributed by atoms with E-state index in [1.54, 1.807) is 0 Å². The molecule has 3 rings (SSSR count). The predicted molar refractivity (Wildman–Crippen MR) is 83.4 cm³/mol. The molecule has 0 saturated heterocycles. The van der Waals surface area contributed by atoms with Crippen LogP contribution in [-0.2, 0) is 6.42 Å². The summed E-state index contributed by atoms with van der Waals surface area (Å²) in [6.07, 6.45) is 0.880. The SMILES string of the molecule is CC(=S)Cc1cccc2cc3ccccc3cc12. The van der Waals surface area contributed by atoms with Crippen molar-refractivity contribution in [3.8, 4) is 0 Å². The van der Waals surface area contributed by atoms with Crippen molar-refractivity contribution in [1.29, 1.82) is 0 Å². The van der Waals surface area contributed by atoms with Gasteiger partial charge in [-0.3, -0.25) is 0 Å². The number of rotatable bonds is 2. The van der Waals surface area contributed by atoms with Crippen molar-refractivity contribution in [3.05, 3.63) is 60.2 Å². The lowest BCUT2D eigenvalue weighted by Crippen LogP contribution is -1.94. The Balaban J connectivity index is 2.32. The van der Waals surface area contributed by atoms with Gasteiger partial charge >= 0.3 is 0 Å². The first-order valence-electron chi connectivity index (χ1n) is 6.14. The normalized spacial score (nSPS) is 10.9. The Labute approximate surface area is 112 Å². The summed E-state index contributed by atoms with van der Waals surface area (Å²) in [6, 6.07) is 19.5. The Kier molecular flexibility index (Phi) is 2.85. The topological polar surface area (TPSA) is 0 Å². The van der Waals surface area contributed by atoms with E-state index in [0.717, 1.165) is 11.3 Å². The van der Waals surface area contributed by atoms with E-state index in [9.17, 15) is 0 Å². The van der Waals surface area contributed by atoms with E-state index in [1.807, 2.05) is 6.92 Å². The van der Waals surface area contributed by atoms with Crippen molar-refractivity contribution >= 4 is 38.6 Å². The molecule has 18 heavy (non-hydrogen) atoms. The zero-order chi connectivity index (χ0) is 12.5. The second-order valence-electron chi connectivity index (χ2n) is 4.72. The van der Waals surface area contributed by atoms with Gasteiger partial charge in [0, 0.05) is 6.42 Å². The monoisotopic (exact) mass is 250 g/mol. The number of benzene rings is 3. The van der Waals surface area contributed by atoms with Crippen molar-refractivity contribution in [1.82, 2.24) is 0 Å². The maximum atomic E-state index is 5.24. The Morgan fingerprint density at radius 3 is 2.28 bits per heavy atom. The van der Waals surface area contributed by atoms with Crippen LogP contribution in [0.3, 0.4) is 0 Å². The van der Waals surface area contributed by atoms with Gasteiger partial charge in [0.2, 0.25) is 0 Å². The minimum Gasteiger partial charge on any atom is -0.0896 e. The van der Waals surface area contributed by atoms with Gasteiger partial charge in [-0.1, -0.05) is 54.7 Å². The molecule has 3 aromatic rings. The molecule has 0 saturated carbocycles. The van der Waals surface area contributed by atoms with Crippen LogP contribution in [0.5, 0.6) is 0 Å². The molecule has 0 aliphatic rings. The fourth-order valence-corrected chi connectivity index (χ4v) is 2.61. The third-order valence-electron chi connectivity index (χ3n) is 3.28. The molecule has 0 radical (unpaired) electrons. The van der Waals surface area contributed by atoms with E-state index in [0.29, 0.717) is 0 Å². The fourth-order valence-electron chi connectivity index (χ4n) is 2.45. The molecular weight excluding hydrogens is 236 g/mol. The van der Waals surface area contributed by atoms with Gasteiger partial charge < -0.3 is 0 Å². The molecule has 0 aromatic heterocycles. The Morgan fingerprint density at radius 1 is 0.889 bits per heavy atom. The molecule has 0 fully saturated rings. The third-order valence-corrected chi connectivity index (χ3v) is 3.42. The average Bonchev–Trinajstić information content (AvgIpc) is 2.36. The Hall–Kier alpha value is -1.73. The summed E-state index contributed by atoms with van der Waals surface area (Å²) in [5.41, 5.74) is 1.32. The van der Waals surface area contributed by atoms with Gasteiger partial charge in [0.15, 0.2) is 0 Å². The summed E-state index contributed by atoms with van der Waals surface area (Å²) in [6.45, 7) is 2.01. The first-order valence-corrected chi connectivity index (χ1v) is 6.55. The van der Waals surface area contributed by atoms with Gasteiger partial charge in [0.1, 0.15) is 0 Å². The highest BCUT2D eigenvalue weighted by Gasteiger charge is 2.03. The summed E-state index contributed by atoms with van der Waals surface area (Å²) >= 11 is 5.24. The highest BCUT2D eigenvalue weighted by molar-refractivity contribution is 7.80. The van der Waals surface area contributed by atoms with Crippen molar-refractivity contribution < 1.29 is 0 Å². The molecule has 0 bridgehead atoms. The number of hydrogen-bond acceptors (Lipinski definition) is 1. The average molecular weight is 250 g/mol. The van der Waals surface area contributed by atoms with Crippen LogP contribution in [-0.4, -0.2) is 4.86 Å². The van der Waals surface area contributed by atoms with Crippen LogP contribution in [0.15, 0.2) is 54.6 Å². The molecule has 1 heteroatoms. The zero-order valence-electron chi connectivity index (χ0n) is 10.3. The lowest BCUT2D eigenvalue weighted by atomic mass is 9.97.